The second-order valence-electron chi connectivity index (χ2n) is 5.22. The lowest BCUT2D eigenvalue weighted by Gasteiger charge is -2.36. The first-order chi connectivity index (χ1) is 9.79. The summed E-state index contributed by atoms with van der Waals surface area (Å²) in [5, 5.41) is 13.9. The number of nitro benzene ring substituents is 1. The molecule has 0 aliphatic carbocycles. The molecule has 1 aromatic rings. The molecule has 6 nitrogen and oxygen atoms in total. The van der Waals surface area contributed by atoms with Crippen molar-refractivity contribution in [2.45, 2.75) is 25.9 Å². The normalized spacial score (nSPS) is 22.2. The van der Waals surface area contributed by atoms with Gasteiger partial charge in [-0.05, 0) is 19.9 Å². The van der Waals surface area contributed by atoms with Gasteiger partial charge in [-0.2, -0.15) is 4.39 Å². The fourth-order valence-corrected chi connectivity index (χ4v) is 2.53. The monoisotopic (exact) mass is 299 g/mol. The molecule has 0 saturated carbocycles. The highest BCUT2D eigenvalue weighted by Gasteiger charge is 2.30. The van der Waals surface area contributed by atoms with Crippen molar-refractivity contribution in [2.24, 2.45) is 0 Å². The molecule has 1 fully saturated rings. The lowest BCUT2D eigenvalue weighted by Crippen LogP contribution is -2.55. The highest BCUT2D eigenvalue weighted by molar-refractivity contribution is 5.95. The van der Waals surface area contributed by atoms with E-state index in [9.17, 15) is 23.7 Å². The highest BCUT2D eigenvalue weighted by atomic mass is 19.1. The van der Waals surface area contributed by atoms with Crippen LogP contribution in [0.2, 0.25) is 0 Å². The first-order valence-electron chi connectivity index (χ1n) is 6.48. The summed E-state index contributed by atoms with van der Waals surface area (Å²) in [7, 11) is 0. The van der Waals surface area contributed by atoms with Gasteiger partial charge in [-0.1, -0.05) is 0 Å². The van der Waals surface area contributed by atoms with Gasteiger partial charge >= 0.3 is 5.69 Å². The Balaban J connectivity index is 2.37. The number of piperazine rings is 1. The van der Waals surface area contributed by atoms with Crippen LogP contribution in [0.5, 0.6) is 0 Å². The number of nitro groups is 1. The van der Waals surface area contributed by atoms with Crippen LogP contribution in [0.25, 0.3) is 0 Å². The van der Waals surface area contributed by atoms with Crippen molar-refractivity contribution < 1.29 is 18.5 Å². The minimum atomic E-state index is -1.30. The Kier molecular flexibility index (Phi) is 4.17. The molecule has 0 bridgehead atoms. The fourth-order valence-electron chi connectivity index (χ4n) is 2.53. The maximum Gasteiger partial charge on any atom is 0.308 e. The topological polar surface area (TPSA) is 75.5 Å². The molecular formula is C13H15F2N3O3. The standard InChI is InChI=1S/C13H15F2N3O3/c1-7-5-17(6-8(2)16-7)13(19)10-3-9(14)4-11(12(10)15)18(20)21/h3-4,7-8,16H,5-6H2,1-2H3. The Labute approximate surface area is 119 Å². The molecule has 0 radical (unpaired) electrons. The van der Waals surface area contributed by atoms with Crippen LogP contribution in [-0.2, 0) is 0 Å². The largest absolute Gasteiger partial charge is 0.335 e. The van der Waals surface area contributed by atoms with Crippen molar-refractivity contribution >= 4 is 11.6 Å². The number of carbonyl (C=O) groups is 1. The molecule has 2 atom stereocenters. The van der Waals surface area contributed by atoms with E-state index in [2.05, 4.69) is 5.32 Å². The van der Waals surface area contributed by atoms with Gasteiger partial charge in [-0.25, -0.2) is 4.39 Å². The van der Waals surface area contributed by atoms with Crippen molar-refractivity contribution in [1.29, 1.82) is 0 Å². The first kappa shape index (κ1) is 15.3. The fraction of sp³-hybridized carbons (Fsp3) is 0.462. The second-order valence-corrected chi connectivity index (χ2v) is 5.22. The molecule has 8 heteroatoms. The predicted octanol–water partition coefficient (Wildman–Crippen LogP) is 1.70. The molecular weight excluding hydrogens is 284 g/mol. The lowest BCUT2D eigenvalue weighted by molar-refractivity contribution is -0.387. The number of nitrogens with zero attached hydrogens (tertiary/aromatic N) is 2. The van der Waals surface area contributed by atoms with Crippen LogP contribution >= 0.6 is 0 Å². The van der Waals surface area contributed by atoms with Crippen LogP contribution in [0.3, 0.4) is 0 Å². The van der Waals surface area contributed by atoms with E-state index in [4.69, 9.17) is 0 Å². The zero-order valence-corrected chi connectivity index (χ0v) is 11.6. The summed E-state index contributed by atoms with van der Waals surface area (Å²) < 4.78 is 27.4. The Morgan fingerprint density at radius 3 is 2.43 bits per heavy atom. The van der Waals surface area contributed by atoms with Crippen LogP contribution in [0.4, 0.5) is 14.5 Å². The molecule has 114 valence electrons. The molecule has 1 aliphatic heterocycles. The summed E-state index contributed by atoms with van der Waals surface area (Å²) >= 11 is 0. The number of halogens is 2. The van der Waals surface area contributed by atoms with E-state index >= 15 is 0 Å². The number of hydrogen-bond acceptors (Lipinski definition) is 4. The number of hydrogen-bond donors (Lipinski definition) is 1. The number of benzene rings is 1. The van der Waals surface area contributed by atoms with Gasteiger partial charge < -0.3 is 10.2 Å². The van der Waals surface area contributed by atoms with Crippen LogP contribution in [0.1, 0.15) is 24.2 Å². The van der Waals surface area contributed by atoms with Crippen molar-refractivity contribution in [3.05, 3.63) is 39.4 Å². The van der Waals surface area contributed by atoms with Gasteiger partial charge in [-0.15, -0.1) is 0 Å². The van der Waals surface area contributed by atoms with Crippen molar-refractivity contribution in [3.63, 3.8) is 0 Å². The third-order valence-electron chi connectivity index (χ3n) is 3.29. The third kappa shape index (κ3) is 3.15. The van der Waals surface area contributed by atoms with Crippen molar-refractivity contribution in [3.8, 4) is 0 Å². The summed E-state index contributed by atoms with van der Waals surface area (Å²) in [4.78, 5) is 23.3. The smallest absolute Gasteiger partial charge is 0.308 e. The molecule has 1 N–H and O–H groups in total. The maximum absolute atomic E-state index is 14.0. The minimum absolute atomic E-state index is 0.00399. The van der Waals surface area contributed by atoms with Crippen LogP contribution < -0.4 is 5.32 Å². The van der Waals surface area contributed by atoms with Gasteiger partial charge in [0, 0.05) is 25.2 Å². The predicted molar refractivity (Wildman–Crippen MR) is 71.0 cm³/mol. The number of rotatable bonds is 2. The molecule has 2 rings (SSSR count). The zero-order chi connectivity index (χ0) is 15.7. The van der Waals surface area contributed by atoms with E-state index < -0.39 is 33.7 Å². The molecule has 21 heavy (non-hydrogen) atoms. The van der Waals surface area contributed by atoms with Gasteiger partial charge in [0.1, 0.15) is 5.82 Å². The minimum Gasteiger partial charge on any atom is -0.335 e. The molecule has 2 unspecified atom stereocenters. The summed E-state index contributed by atoms with van der Waals surface area (Å²) in [6.45, 7) is 4.38. The lowest BCUT2D eigenvalue weighted by atomic mass is 10.1. The molecule has 1 heterocycles. The van der Waals surface area contributed by atoms with Crippen LogP contribution in [0, 0.1) is 21.7 Å². The Morgan fingerprint density at radius 2 is 1.90 bits per heavy atom. The molecule has 1 aromatic carbocycles. The van der Waals surface area contributed by atoms with Crippen molar-refractivity contribution in [2.75, 3.05) is 13.1 Å². The number of amides is 1. The van der Waals surface area contributed by atoms with Crippen LogP contribution in [0.15, 0.2) is 12.1 Å². The molecule has 0 aromatic heterocycles. The Morgan fingerprint density at radius 1 is 1.33 bits per heavy atom. The SMILES string of the molecule is CC1CN(C(=O)c2cc(F)cc([N+](=O)[O-])c2F)CC(C)N1. The molecule has 1 amide bonds. The average Bonchev–Trinajstić information content (AvgIpc) is 2.38. The van der Waals surface area contributed by atoms with Gasteiger partial charge in [0.15, 0.2) is 0 Å². The van der Waals surface area contributed by atoms with E-state index in [1.165, 1.54) is 4.90 Å². The van der Waals surface area contributed by atoms with Gasteiger partial charge in [-0.3, -0.25) is 14.9 Å². The number of carbonyl (C=O) groups excluding carboxylic acids is 1. The van der Waals surface area contributed by atoms with Gasteiger partial charge in [0.05, 0.1) is 16.6 Å². The Hall–Kier alpha value is -2.09. The maximum atomic E-state index is 14.0. The van der Waals surface area contributed by atoms with Gasteiger partial charge in [0.25, 0.3) is 5.91 Å². The summed E-state index contributed by atoms with van der Waals surface area (Å²) in [5.41, 5.74) is -1.64. The average molecular weight is 299 g/mol. The van der Waals surface area contributed by atoms with Crippen LogP contribution in [-0.4, -0.2) is 40.9 Å². The summed E-state index contributed by atoms with van der Waals surface area (Å²) in [5.74, 6) is -3.05. The first-order valence-corrected chi connectivity index (χ1v) is 6.48. The van der Waals surface area contributed by atoms with E-state index in [0.717, 1.165) is 0 Å². The third-order valence-corrected chi connectivity index (χ3v) is 3.29. The van der Waals surface area contributed by atoms with E-state index in [1.54, 1.807) is 0 Å². The van der Waals surface area contributed by atoms with E-state index in [-0.39, 0.29) is 12.1 Å². The van der Waals surface area contributed by atoms with Crippen molar-refractivity contribution in [1.82, 2.24) is 10.2 Å². The Bertz CT molecular complexity index is 584. The summed E-state index contributed by atoms with van der Waals surface area (Å²) in [6.07, 6.45) is 0. The zero-order valence-electron chi connectivity index (χ0n) is 11.6. The van der Waals surface area contributed by atoms with Gasteiger partial charge in [0.2, 0.25) is 5.82 Å². The molecule has 1 saturated heterocycles. The van der Waals surface area contributed by atoms with E-state index in [0.29, 0.717) is 25.2 Å². The number of nitrogens with one attached hydrogen (secondary N) is 1. The molecule has 1 aliphatic rings. The quantitative estimate of drug-likeness (QED) is 0.666. The van der Waals surface area contributed by atoms with E-state index in [1.807, 2.05) is 13.8 Å². The second kappa shape index (κ2) is 5.72. The summed E-state index contributed by atoms with van der Waals surface area (Å²) in [6, 6.07) is 1.17. The highest BCUT2D eigenvalue weighted by Crippen LogP contribution is 2.24. The molecule has 0 spiro atoms.